The molecule has 0 spiro atoms. The Balaban J connectivity index is 2.16. The summed E-state index contributed by atoms with van der Waals surface area (Å²) >= 11 is 15.2. The number of benzene rings is 2. The molecule has 0 saturated heterocycles. The van der Waals surface area contributed by atoms with Gasteiger partial charge < -0.3 is 10.1 Å². The summed E-state index contributed by atoms with van der Waals surface area (Å²) in [7, 11) is 0. The summed E-state index contributed by atoms with van der Waals surface area (Å²) in [6.45, 7) is -2.59. The highest BCUT2D eigenvalue weighted by atomic mass is 79.9. The van der Waals surface area contributed by atoms with Crippen LogP contribution in [0.15, 0.2) is 40.9 Å². The molecule has 0 aromatic heterocycles. The van der Waals surface area contributed by atoms with Crippen molar-refractivity contribution in [3.05, 3.63) is 56.5 Å². The summed E-state index contributed by atoms with van der Waals surface area (Å²) in [5.41, 5.74) is 1.24. The van der Waals surface area contributed by atoms with Crippen LogP contribution >= 0.6 is 39.1 Å². The van der Waals surface area contributed by atoms with E-state index in [9.17, 15) is 8.78 Å². The van der Waals surface area contributed by atoms with Gasteiger partial charge in [-0.1, -0.05) is 39.1 Å². The molecule has 1 N–H and O–H groups in total. The minimum absolute atomic E-state index is 0.116. The van der Waals surface area contributed by atoms with Crippen molar-refractivity contribution in [3.8, 4) is 5.75 Å². The third-order valence-electron chi connectivity index (χ3n) is 2.64. The molecule has 21 heavy (non-hydrogen) atoms. The van der Waals surface area contributed by atoms with Crippen LogP contribution in [0.1, 0.15) is 5.56 Å². The summed E-state index contributed by atoms with van der Waals surface area (Å²) in [5, 5.41) is 4.04. The molecule has 2 rings (SSSR count). The fourth-order valence-corrected chi connectivity index (χ4v) is 2.60. The van der Waals surface area contributed by atoms with Crippen LogP contribution < -0.4 is 10.1 Å². The van der Waals surface area contributed by atoms with Gasteiger partial charge in [0, 0.05) is 21.6 Å². The lowest BCUT2D eigenvalue weighted by molar-refractivity contribution is -0.0504. The first kappa shape index (κ1) is 16.3. The fourth-order valence-electron chi connectivity index (χ4n) is 1.72. The van der Waals surface area contributed by atoms with E-state index in [0.29, 0.717) is 21.3 Å². The van der Waals surface area contributed by atoms with Gasteiger partial charge in [-0.05, 0) is 36.4 Å². The van der Waals surface area contributed by atoms with Gasteiger partial charge in [0.15, 0.2) is 0 Å². The largest absolute Gasteiger partial charge is 0.434 e. The van der Waals surface area contributed by atoms with Crippen molar-refractivity contribution in [2.24, 2.45) is 0 Å². The number of nitrogens with one attached hydrogen (secondary N) is 1. The van der Waals surface area contributed by atoms with E-state index in [1.54, 1.807) is 30.3 Å². The van der Waals surface area contributed by atoms with Crippen LogP contribution in [0.3, 0.4) is 0 Å². The van der Waals surface area contributed by atoms with Crippen molar-refractivity contribution >= 4 is 44.8 Å². The molecule has 0 saturated carbocycles. The Kier molecular flexibility index (Phi) is 5.67. The quantitative estimate of drug-likeness (QED) is 0.672. The predicted molar refractivity (Wildman–Crippen MR) is 84.6 cm³/mol. The van der Waals surface area contributed by atoms with Gasteiger partial charge in [0.1, 0.15) is 5.75 Å². The van der Waals surface area contributed by atoms with E-state index in [1.807, 2.05) is 0 Å². The van der Waals surface area contributed by atoms with Gasteiger partial charge in [-0.25, -0.2) is 0 Å². The Morgan fingerprint density at radius 3 is 2.57 bits per heavy atom. The lowest BCUT2D eigenvalue weighted by Gasteiger charge is -2.13. The smallest absolute Gasteiger partial charge is 0.387 e. The van der Waals surface area contributed by atoms with Crippen LogP contribution in [-0.2, 0) is 6.54 Å². The molecule has 2 nitrogen and oxygen atoms in total. The van der Waals surface area contributed by atoms with Crippen LogP contribution in [0.5, 0.6) is 5.75 Å². The summed E-state index contributed by atoms with van der Waals surface area (Å²) in [4.78, 5) is 0. The molecule has 0 aliphatic heterocycles. The number of hydrogen-bond donors (Lipinski definition) is 1. The summed E-state index contributed by atoms with van der Waals surface area (Å²) < 4.78 is 30.0. The number of alkyl halides is 2. The minimum atomic E-state index is -2.87. The lowest BCUT2D eigenvalue weighted by Crippen LogP contribution is -2.07. The molecule has 0 bridgehead atoms. The number of rotatable bonds is 5. The van der Waals surface area contributed by atoms with Gasteiger partial charge in [0.05, 0.1) is 10.7 Å². The highest BCUT2D eigenvalue weighted by Gasteiger charge is 2.11. The zero-order chi connectivity index (χ0) is 15.4. The number of ether oxygens (including phenoxy) is 1. The monoisotopic (exact) mass is 395 g/mol. The summed E-state index contributed by atoms with van der Waals surface area (Å²) in [6.07, 6.45) is 0. The Hall–Kier alpha value is -1.04. The first-order chi connectivity index (χ1) is 9.95. The molecular formula is C14H10BrCl2F2NO. The van der Waals surface area contributed by atoms with Crippen molar-refractivity contribution in [2.75, 3.05) is 5.32 Å². The van der Waals surface area contributed by atoms with E-state index in [4.69, 9.17) is 23.2 Å². The van der Waals surface area contributed by atoms with Crippen molar-refractivity contribution in [2.45, 2.75) is 13.2 Å². The molecule has 2 aromatic rings. The normalized spacial score (nSPS) is 10.8. The molecular weight excluding hydrogens is 387 g/mol. The summed E-state index contributed by atoms with van der Waals surface area (Å²) in [6, 6.07) is 9.83. The Morgan fingerprint density at radius 2 is 1.90 bits per heavy atom. The molecule has 7 heteroatoms. The molecule has 0 unspecified atom stereocenters. The minimum Gasteiger partial charge on any atom is -0.434 e. The van der Waals surface area contributed by atoms with Crippen LogP contribution in [0, 0.1) is 0 Å². The summed E-state index contributed by atoms with van der Waals surface area (Å²) in [5.74, 6) is 0.116. The molecule has 0 radical (unpaired) electrons. The maximum atomic E-state index is 12.4. The highest BCUT2D eigenvalue weighted by Crippen LogP contribution is 2.29. The third kappa shape index (κ3) is 4.73. The standard InChI is InChI=1S/C14H10BrCl2F2NO/c15-9-1-4-13(21-14(18)19)8(5-9)7-20-12-3-2-10(16)6-11(12)17/h1-6,14,20H,7H2. The Bertz CT molecular complexity index is 640. The van der Waals surface area contributed by atoms with Crippen LogP contribution in [0.2, 0.25) is 10.0 Å². The predicted octanol–water partition coefficient (Wildman–Crippen LogP) is 5.97. The third-order valence-corrected chi connectivity index (χ3v) is 3.68. The van der Waals surface area contributed by atoms with E-state index in [2.05, 4.69) is 26.0 Å². The number of hydrogen-bond acceptors (Lipinski definition) is 2. The van der Waals surface area contributed by atoms with Gasteiger partial charge in [-0.3, -0.25) is 0 Å². The SMILES string of the molecule is FC(F)Oc1ccc(Br)cc1CNc1ccc(Cl)cc1Cl. The molecule has 0 aliphatic carbocycles. The fraction of sp³-hybridized carbons (Fsp3) is 0.143. The van der Waals surface area contributed by atoms with Gasteiger partial charge in [-0.15, -0.1) is 0 Å². The molecule has 0 fully saturated rings. The van der Waals surface area contributed by atoms with Crippen LogP contribution in [-0.4, -0.2) is 6.61 Å². The van der Waals surface area contributed by atoms with Crippen LogP contribution in [0.25, 0.3) is 0 Å². The molecule has 2 aromatic carbocycles. The van der Waals surface area contributed by atoms with E-state index in [-0.39, 0.29) is 12.3 Å². The van der Waals surface area contributed by atoms with Gasteiger partial charge in [0.25, 0.3) is 0 Å². The van der Waals surface area contributed by atoms with Crippen LogP contribution in [0.4, 0.5) is 14.5 Å². The first-order valence-electron chi connectivity index (χ1n) is 5.88. The maximum Gasteiger partial charge on any atom is 0.387 e. The topological polar surface area (TPSA) is 21.3 Å². The van der Waals surface area contributed by atoms with E-state index in [0.717, 1.165) is 4.47 Å². The molecule has 0 atom stereocenters. The van der Waals surface area contributed by atoms with E-state index in [1.165, 1.54) is 6.07 Å². The van der Waals surface area contributed by atoms with Gasteiger partial charge >= 0.3 is 6.61 Å². The molecule has 0 heterocycles. The Morgan fingerprint density at radius 1 is 1.14 bits per heavy atom. The second kappa shape index (κ2) is 7.29. The first-order valence-corrected chi connectivity index (χ1v) is 7.43. The van der Waals surface area contributed by atoms with Crippen molar-refractivity contribution in [1.82, 2.24) is 0 Å². The van der Waals surface area contributed by atoms with Gasteiger partial charge in [-0.2, -0.15) is 8.78 Å². The van der Waals surface area contributed by atoms with Crippen molar-refractivity contribution in [3.63, 3.8) is 0 Å². The average molecular weight is 397 g/mol. The number of anilines is 1. The van der Waals surface area contributed by atoms with E-state index < -0.39 is 6.61 Å². The number of halogens is 5. The lowest BCUT2D eigenvalue weighted by atomic mass is 10.2. The molecule has 0 amide bonds. The second-order valence-corrected chi connectivity index (χ2v) is 5.87. The zero-order valence-corrected chi connectivity index (χ0v) is 13.6. The zero-order valence-electron chi connectivity index (χ0n) is 10.5. The van der Waals surface area contributed by atoms with Crippen molar-refractivity contribution in [1.29, 1.82) is 0 Å². The average Bonchev–Trinajstić information content (AvgIpc) is 2.40. The highest BCUT2D eigenvalue weighted by molar-refractivity contribution is 9.10. The Labute approximate surface area is 139 Å². The maximum absolute atomic E-state index is 12.4. The van der Waals surface area contributed by atoms with E-state index >= 15 is 0 Å². The molecule has 112 valence electrons. The second-order valence-electron chi connectivity index (χ2n) is 4.11. The van der Waals surface area contributed by atoms with Gasteiger partial charge in [0.2, 0.25) is 0 Å². The van der Waals surface area contributed by atoms with Crippen molar-refractivity contribution < 1.29 is 13.5 Å². The molecule has 0 aliphatic rings.